The minimum absolute atomic E-state index is 0.102. The summed E-state index contributed by atoms with van der Waals surface area (Å²) in [7, 11) is 0. The normalized spacial score (nSPS) is 11.0. The van der Waals surface area contributed by atoms with Gasteiger partial charge in [0.25, 0.3) is 0 Å². The van der Waals surface area contributed by atoms with Crippen LogP contribution in [0.3, 0.4) is 0 Å². The van der Waals surface area contributed by atoms with Gasteiger partial charge >= 0.3 is 4.87 Å². The highest BCUT2D eigenvalue weighted by atomic mass is 35.5. The molecule has 0 saturated carbocycles. The first-order valence-electron chi connectivity index (χ1n) is 7.80. The predicted molar refractivity (Wildman–Crippen MR) is 112 cm³/mol. The third-order valence-corrected chi connectivity index (χ3v) is 6.22. The molecule has 2 aromatic carbocycles. The summed E-state index contributed by atoms with van der Waals surface area (Å²) in [6.45, 7) is -0.102. The number of aromatic nitrogens is 2. The molecule has 0 aliphatic carbocycles. The van der Waals surface area contributed by atoms with Crippen molar-refractivity contribution in [2.75, 3.05) is 5.32 Å². The lowest BCUT2D eigenvalue weighted by Gasteiger charge is -2.04. The lowest BCUT2D eigenvalue weighted by Crippen LogP contribution is -2.24. The van der Waals surface area contributed by atoms with Crippen LogP contribution in [-0.4, -0.2) is 15.5 Å². The first-order valence-corrected chi connectivity index (χ1v) is 10.2. The van der Waals surface area contributed by atoms with E-state index in [0.29, 0.717) is 20.7 Å². The van der Waals surface area contributed by atoms with E-state index < -0.39 is 0 Å². The average molecular weight is 436 g/mol. The van der Waals surface area contributed by atoms with E-state index in [4.69, 9.17) is 23.2 Å². The maximum atomic E-state index is 12.4. The number of thiazole rings is 2. The van der Waals surface area contributed by atoms with Crippen molar-refractivity contribution in [3.63, 3.8) is 0 Å². The first-order chi connectivity index (χ1) is 13.0. The Morgan fingerprint density at radius 2 is 1.81 bits per heavy atom. The zero-order valence-electron chi connectivity index (χ0n) is 13.6. The lowest BCUT2D eigenvalue weighted by atomic mass is 10.2. The molecule has 0 unspecified atom stereocenters. The molecular weight excluding hydrogens is 425 g/mol. The van der Waals surface area contributed by atoms with Crippen LogP contribution >= 0.6 is 45.9 Å². The van der Waals surface area contributed by atoms with Crippen LogP contribution in [0.25, 0.3) is 20.7 Å². The van der Waals surface area contributed by atoms with Gasteiger partial charge in [-0.2, -0.15) is 0 Å². The number of amides is 1. The van der Waals surface area contributed by atoms with Crippen molar-refractivity contribution < 1.29 is 4.79 Å². The number of anilines is 1. The van der Waals surface area contributed by atoms with Crippen LogP contribution in [0.2, 0.25) is 10.0 Å². The number of nitrogens with one attached hydrogen (secondary N) is 1. The zero-order valence-corrected chi connectivity index (χ0v) is 16.8. The summed E-state index contributed by atoms with van der Waals surface area (Å²) in [4.78, 5) is 29.5. The summed E-state index contributed by atoms with van der Waals surface area (Å²) < 4.78 is 2.20. The Hall–Kier alpha value is -2.19. The maximum absolute atomic E-state index is 12.4. The molecule has 4 rings (SSSR count). The van der Waals surface area contributed by atoms with Gasteiger partial charge in [0.2, 0.25) is 5.91 Å². The fraction of sp³-hybridized carbons (Fsp3) is 0.0556. The average Bonchev–Trinajstić information content (AvgIpc) is 3.21. The zero-order chi connectivity index (χ0) is 19.0. The van der Waals surface area contributed by atoms with Gasteiger partial charge < -0.3 is 5.32 Å². The fourth-order valence-electron chi connectivity index (χ4n) is 2.57. The summed E-state index contributed by atoms with van der Waals surface area (Å²) in [5.41, 5.74) is 1.61. The molecule has 2 aromatic heterocycles. The number of fused-ring (bicyclic) bond motifs is 1. The molecule has 9 heteroatoms. The molecule has 136 valence electrons. The monoisotopic (exact) mass is 435 g/mol. The highest BCUT2D eigenvalue weighted by molar-refractivity contribution is 7.19. The van der Waals surface area contributed by atoms with E-state index in [1.165, 1.54) is 15.9 Å². The van der Waals surface area contributed by atoms with Crippen molar-refractivity contribution in [2.45, 2.75) is 6.54 Å². The Morgan fingerprint density at radius 3 is 2.59 bits per heavy atom. The summed E-state index contributed by atoms with van der Waals surface area (Å²) in [6.07, 6.45) is 1.69. The number of halogens is 2. The largest absolute Gasteiger partial charge is 0.308 e. The Morgan fingerprint density at radius 1 is 1.07 bits per heavy atom. The minimum Gasteiger partial charge on any atom is -0.300 e. The van der Waals surface area contributed by atoms with Crippen LogP contribution in [0, 0.1) is 0 Å². The molecular formula is C18H11Cl2N3O2S2. The predicted octanol–water partition coefficient (Wildman–Crippen LogP) is 5.13. The number of hydrogen-bond donors (Lipinski definition) is 1. The van der Waals surface area contributed by atoms with Crippen molar-refractivity contribution in [3.8, 4) is 10.4 Å². The maximum Gasteiger partial charge on any atom is 0.308 e. The summed E-state index contributed by atoms with van der Waals surface area (Å²) >= 11 is 14.3. The topological polar surface area (TPSA) is 64.0 Å². The second-order valence-corrected chi connectivity index (χ2v) is 8.55. The van der Waals surface area contributed by atoms with E-state index >= 15 is 0 Å². The van der Waals surface area contributed by atoms with Crippen LogP contribution in [0.1, 0.15) is 0 Å². The van der Waals surface area contributed by atoms with Gasteiger partial charge in [-0.15, -0.1) is 0 Å². The molecule has 0 atom stereocenters. The van der Waals surface area contributed by atoms with E-state index in [1.54, 1.807) is 36.5 Å². The van der Waals surface area contributed by atoms with E-state index in [9.17, 15) is 9.59 Å². The molecule has 0 spiro atoms. The molecule has 0 radical (unpaired) electrons. The van der Waals surface area contributed by atoms with E-state index in [0.717, 1.165) is 26.5 Å². The van der Waals surface area contributed by atoms with Gasteiger partial charge in [-0.3, -0.25) is 14.2 Å². The van der Waals surface area contributed by atoms with Gasteiger partial charge in [-0.05, 0) is 35.9 Å². The number of hydrogen-bond acceptors (Lipinski definition) is 5. The molecule has 0 bridgehead atoms. The number of carbonyl (C=O) groups excluding carboxylic acids is 1. The molecule has 1 amide bonds. The second-order valence-electron chi connectivity index (χ2n) is 5.65. The van der Waals surface area contributed by atoms with Gasteiger partial charge in [0.05, 0.1) is 15.1 Å². The van der Waals surface area contributed by atoms with E-state index in [-0.39, 0.29) is 17.3 Å². The smallest absolute Gasteiger partial charge is 0.300 e. The summed E-state index contributed by atoms with van der Waals surface area (Å²) in [5, 5.41) is 4.38. The molecule has 0 aliphatic rings. The second kappa shape index (κ2) is 7.44. The van der Waals surface area contributed by atoms with E-state index in [1.807, 2.05) is 12.1 Å². The van der Waals surface area contributed by atoms with Crippen molar-refractivity contribution in [3.05, 3.63) is 68.4 Å². The van der Waals surface area contributed by atoms with Gasteiger partial charge in [0.15, 0.2) is 5.13 Å². The molecule has 27 heavy (non-hydrogen) atoms. The van der Waals surface area contributed by atoms with Crippen LogP contribution < -0.4 is 10.2 Å². The summed E-state index contributed by atoms with van der Waals surface area (Å²) in [5.74, 6) is -0.325. The first kappa shape index (κ1) is 18.2. The standard InChI is InChI=1S/C18H11Cl2N3O2S2/c19-11-3-1-10(2-4-11)15-8-21-17(26-15)22-16(24)9-23-13-7-12(20)5-6-14(13)27-18(23)25/h1-8H,9H2,(H,21,22,24). The van der Waals surface area contributed by atoms with E-state index in [2.05, 4.69) is 10.3 Å². The van der Waals surface area contributed by atoms with Crippen molar-refractivity contribution in [1.82, 2.24) is 9.55 Å². The highest BCUT2D eigenvalue weighted by Crippen LogP contribution is 2.29. The van der Waals surface area contributed by atoms with Gasteiger partial charge in [-0.1, -0.05) is 58.0 Å². The fourth-order valence-corrected chi connectivity index (χ4v) is 4.57. The molecule has 4 aromatic rings. The Balaban J connectivity index is 1.52. The SMILES string of the molecule is O=C(Cn1c(=O)sc2ccc(Cl)cc21)Nc1ncc(-c2ccc(Cl)cc2)s1. The van der Waals surface area contributed by atoms with Crippen LogP contribution in [-0.2, 0) is 11.3 Å². The van der Waals surface area contributed by atoms with Crippen molar-refractivity contribution in [1.29, 1.82) is 0 Å². The number of rotatable bonds is 4. The number of carbonyl (C=O) groups is 1. The quantitative estimate of drug-likeness (QED) is 0.482. The van der Waals surface area contributed by atoms with Crippen LogP contribution in [0.15, 0.2) is 53.5 Å². The number of nitrogens with zero attached hydrogens (tertiary/aromatic N) is 2. The molecule has 0 saturated heterocycles. The minimum atomic E-state index is -0.325. The van der Waals surface area contributed by atoms with Crippen molar-refractivity contribution >= 4 is 67.1 Å². The number of benzene rings is 2. The lowest BCUT2D eigenvalue weighted by molar-refractivity contribution is -0.116. The molecule has 1 N–H and O–H groups in total. The van der Waals surface area contributed by atoms with Gasteiger partial charge in [-0.25, -0.2) is 4.98 Å². The van der Waals surface area contributed by atoms with Crippen molar-refractivity contribution in [2.24, 2.45) is 0 Å². The van der Waals surface area contributed by atoms with Crippen LogP contribution in [0.4, 0.5) is 5.13 Å². The molecule has 2 heterocycles. The van der Waals surface area contributed by atoms with Gasteiger partial charge in [0.1, 0.15) is 6.54 Å². The molecule has 5 nitrogen and oxygen atoms in total. The third kappa shape index (κ3) is 3.91. The van der Waals surface area contributed by atoms with Crippen LogP contribution in [0.5, 0.6) is 0 Å². The molecule has 0 fully saturated rings. The summed E-state index contributed by atoms with van der Waals surface area (Å²) in [6, 6.07) is 12.6. The Kier molecular flexibility index (Phi) is 5.01. The molecule has 0 aliphatic heterocycles. The highest BCUT2D eigenvalue weighted by Gasteiger charge is 2.13. The Bertz CT molecular complexity index is 1200. The third-order valence-electron chi connectivity index (χ3n) is 3.81. The Labute approximate surface area is 171 Å². The van der Waals surface area contributed by atoms with Gasteiger partial charge in [0, 0.05) is 16.2 Å².